The molecule has 1 aromatic rings. The lowest BCUT2D eigenvalue weighted by Crippen LogP contribution is -2.48. The Morgan fingerprint density at radius 2 is 2.17 bits per heavy atom. The molecule has 18 heavy (non-hydrogen) atoms. The van der Waals surface area contributed by atoms with Crippen LogP contribution < -0.4 is 0 Å². The maximum Gasteiger partial charge on any atom is 0.246 e. The van der Waals surface area contributed by atoms with E-state index in [2.05, 4.69) is 9.97 Å². The van der Waals surface area contributed by atoms with Crippen LogP contribution in [-0.2, 0) is 14.8 Å². The predicted molar refractivity (Wildman–Crippen MR) is 65.8 cm³/mol. The van der Waals surface area contributed by atoms with E-state index in [0.717, 1.165) is 0 Å². The highest BCUT2D eigenvalue weighted by Gasteiger charge is 2.33. The third-order valence-corrected chi connectivity index (χ3v) is 4.95. The first-order chi connectivity index (χ1) is 8.55. The van der Waals surface area contributed by atoms with Gasteiger partial charge in [-0.15, -0.1) is 0 Å². The van der Waals surface area contributed by atoms with E-state index < -0.39 is 10.0 Å². The van der Waals surface area contributed by atoms with E-state index in [1.807, 2.05) is 6.92 Å². The minimum Gasteiger partial charge on any atom is -0.378 e. The molecule has 1 aliphatic rings. The van der Waals surface area contributed by atoms with Gasteiger partial charge in [0.15, 0.2) is 0 Å². The largest absolute Gasteiger partial charge is 0.378 e. The van der Waals surface area contributed by atoms with Crippen molar-refractivity contribution in [3.05, 3.63) is 17.7 Å². The molecule has 0 aliphatic carbocycles. The summed E-state index contributed by atoms with van der Waals surface area (Å²) in [5.41, 5.74) is 0. The molecule has 0 spiro atoms. The van der Waals surface area contributed by atoms with E-state index in [9.17, 15) is 8.42 Å². The van der Waals surface area contributed by atoms with Crippen molar-refractivity contribution in [2.24, 2.45) is 0 Å². The fraction of sp³-hybridized carbons (Fsp3) is 0.600. The standard InChI is InChI=1S/C10H14ClN3O3S/c1-2-8-7-17-4-3-14(8)18(15,16)9-5-12-10(11)13-6-9/h5-6,8H,2-4,7H2,1H3. The van der Waals surface area contributed by atoms with Crippen molar-refractivity contribution in [1.29, 1.82) is 0 Å². The smallest absolute Gasteiger partial charge is 0.246 e. The Labute approximate surface area is 111 Å². The number of nitrogens with zero attached hydrogens (tertiary/aromatic N) is 3. The summed E-state index contributed by atoms with van der Waals surface area (Å²) < 4.78 is 31.6. The first-order valence-corrected chi connectivity index (χ1v) is 7.44. The fourth-order valence-corrected chi connectivity index (χ4v) is 3.50. The van der Waals surface area contributed by atoms with Gasteiger partial charge in [0.25, 0.3) is 0 Å². The van der Waals surface area contributed by atoms with Crippen molar-refractivity contribution in [3.63, 3.8) is 0 Å². The normalized spacial score (nSPS) is 22.0. The Balaban J connectivity index is 2.32. The van der Waals surface area contributed by atoms with Gasteiger partial charge < -0.3 is 4.74 Å². The molecule has 0 radical (unpaired) electrons. The molecule has 1 aliphatic heterocycles. The van der Waals surface area contributed by atoms with Gasteiger partial charge in [-0.3, -0.25) is 0 Å². The van der Waals surface area contributed by atoms with Gasteiger partial charge >= 0.3 is 0 Å². The van der Waals surface area contributed by atoms with Gasteiger partial charge in [-0.1, -0.05) is 6.92 Å². The molecule has 0 saturated carbocycles. The molecule has 1 fully saturated rings. The minimum atomic E-state index is -3.57. The van der Waals surface area contributed by atoms with Crippen LogP contribution in [0.2, 0.25) is 5.28 Å². The zero-order valence-electron chi connectivity index (χ0n) is 9.91. The zero-order chi connectivity index (χ0) is 13.2. The molecule has 0 amide bonds. The van der Waals surface area contributed by atoms with Crippen molar-refractivity contribution in [1.82, 2.24) is 14.3 Å². The van der Waals surface area contributed by atoms with Gasteiger partial charge in [0.2, 0.25) is 15.3 Å². The summed E-state index contributed by atoms with van der Waals surface area (Å²) in [5, 5.41) is 0.0305. The summed E-state index contributed by atoms with van der Waals surface area (Å²) in [6.45, 7) is 3.11. The van der Waals surface area contributed by atoms with Crippen LogP contribution in [0.1, 0.15) is 13.3 Å². The van der Waals surface area contributed by atoms with Crippen LogP contribution in [-0.4, -0.2) is 48.5 Å². The summed E-state index contributed by atoms with van der Waals surface area (Å²) in [6, 6.07) is -0.139. The van der Waals surface area contributed by atoms with E-state index in [0.29, 0.717) is 26.2 Å². The number of rotatable bonds is 3. The highest BCUT2D eigenvalue weighted by Crippen LogP contribution is 2.21. The summed E-state index contributed by atoms with van der Waals surface area (Å²) in [5.74, 6) is 0. The summed E-state index contributed by atoms with van der Waals surface area (Å²) >= 11 is 5.55. The average Bonchev–Trinajstić information content (AvgIpc) is 2.39. The van der Waals surface area contributed by atoms with Crippen molar-refractivity contribution in [2.75, 3.05) is 19.8 Å². The van der Waals surface area contributed by atoms with Crippen molar-refractivity contribution in [3.8, 4) is 0 Å². The topological polar surface area (TPSA) is 72.4 Å². The lowest BCUT2D eigenvalue weighted by Gasteiger charge is -2.33. The number of hydrogen-bond donors (Lipinski definition) is 0. The molecular formula is C10H14ClN3O3S. The third-order valence-electron chi connectivity index (χ3n) is 2.85. The minimum absolute atomic E-state index is 0.0305. The molecule has 0 bridgehead atoms. The van der Waals surface area contributed by atoms with Crippen LogP contribution in [0.5, 0.6) is 0 Å². The number of hydrogen-bond acceptors (Lipinski definition) is 5. The van der Waals surface area contributed by atoms with E-state index in [1.54, 1.807) is 0 Å². The van der Waals surface area contributed by atoms with E-state index >= 15 is 0 Å². The van der Waals surface area contributed by atoms with Gasteiger partial charge in [-0.2, -0.15) is 4.31 Å². The maximum atomic E-state index is 12.4. The van der Waals surface area contributed by atoms with E-state index in [4.69, 9.17) is 16.3 Å². The van der Waals surface area contributed by atoms with Crippen molar-refractivity contribution < 1.29 is 13.2 Å². The van der Waals surface area contributed by atoms with Gasteiger partial charge in [-0.05, 0) is 18.0 Å². The Bertz CT molecular complexity index is 506. The van der Waals surface area contributed by atoms with Gasteiger partial charge in [-0.25, -0.2) is 18.4 Å². The molecule has 6 nitrogen and oxygen atoms in total. The molecule has 2 rings (SSSR count). The Kier molecular flexibility index (Phi) is 4.16. The van der Waals surface area contributed by atoms with Crippen LogP contribution >= 0.6 is 11.6 Å². The van der Waals surface area contributed by atoms with Crippen molar-refractivity contribution >= 4 is 21.6 Å². The molecule has 1 aromatic heterocycles. The monoisotopic (exact) mass is 291 g/mol. The number of halogens is 1. The maximum absolute atomic E-state index is 12.4. The summed E-state index contributed by atoms with van der Waals surface area (Å²) in [7, 11) is -3.57. The second-order valence-electron chi connectivity index (χ2n) is 3.94. The number of ether oxygens (including phenoxy) is 1. The summed E-state index contributed by atoms with van der Waals surface area (Å²) in [6.07, 6.45) is 3.16. The third kappa shape index (κ3) is 2.64. The first kappa shape index (κ1) is 13.7. The van der Waals surface area contributed by atoms with Crippen LogP contribution in [0, 0.1) is 0 Å². The first-order valence-electron chi connectivity index (χ1n) is 5.63. The Hall–Kier alpha value is -0.760. The number of sulfonamides is 1. The van der Waals surface area contributed by atoms with Gasteiger partial charge in [0.05, 0.1) is 25.6 Å². The lowest BCUT2D eigenvalue weighted by molar-refractivity contribution is 0.0314. The average molecular weight is 292 g/mol. The molecule has 0 N–H and O–H groups in total. The second kappa shape index (κ2) is 5.48. The van der Waals surface area contributed by atoms with E-state index in [1.165, 1.54) is 16.7 Å². The molecule has 0 aromatic carbocycles. The van der Waals surface area contributed by atoms with Crippen LogP contribution in [0.25, 0.3) is 0 Å². The lowest BCUT2D eigenvalue weighted by atomic mass is 10.2. The molecule has 1 atom stereocenters. The highest BCUT2D eigenvalue weighted by atomic mass is 35.5. The number of morpholine rings is 1. The van der Waals surface area contributed by atoms with E-state index in [-0.39, 0.29) is 16.2 Å². The predicted octanol–water partition coefficient (Wildman–Crippen LogP) is 0.930. The summed E-state index contributed by atoms with van der Waals surface area (Å²) in [4.78, 5) is 7.48. The molecule has 100 valence electrons. The quantitative estimate of drug-likeness (QED) is 0.775. The highest BCUT2D eigenvalue weighted by molar-refractivity contribution is 7.89. The van der Waals surface area contributed by atoms with Crippen LogP contribution in [0.3, 0.4) is 0 Å². The fourth-order valence-electron chi connectivity index (χ4n) is 1.85. The van der Waals surface area contributed by atoms with Gasteiger partial charge in [0.1, 0.15) is 4.90 Å². The molecule has 1 unspecified atom stereocenters. The Morgan fingerprint density at radius 3 is 2.78 bits per heavy atom. The zero-order valence-corrected chi connectivity index (χ0v) is 11.5. The van der Waals surface area contributed by atoms with Crippen LogP contribution in [0.4, 0.5) is 0 Å². The van der Waals surface area contributed by atoms with Gasteiger partial charge in [0, 0.05) is 12.6 Å². The SMILES string of the molecule is CCC1COCCN1S(=O)(=O)c1cnc(Cl)nc1. The van der Waals surface area contributed by atoms with Crippen molar-refractivity contribution in [2.45, 2.75) is 24.3 Å². The molecule has 8 heteroatoms. The van der Waals surface area contributed by atoms with Crippen LogP contribution in [0.15, 0.2) is 17.3 Å². The Morgan fingerprint density at radius 1 is 1.50 bits per heavy atom. The molecule has 1 saturated heterocycles. The second-order valence-corrected chi connectivity index (χ2v) is 6.17. The number of aromatic nitrogens is 2. The molecule has 2 heterocycles. The molecular weight excluding hydrogens is 278 g/mol.